The Morgan fingerprint density at radius 2 is 1.89 bits per heavy atom. The molecule has 0 unspecified atom stereocenters. The Hall–Kier alpha value is -2.10. The number of rotatable bonds is 8. The van der Waals surface area contributed by atoms with Crippen molar-refractivity contribution in [1.29, 1.82) is 0 Å². The Bertz CT molecular complexity index is 664. The second kappa shape index (κ2) is 8.28. The normalized spacial score (nSPS) is 23.1. The van der Waals surface area contributed by atoms with Crippen LogP contribution in [0.25, 0.3) is 0 Å². The van der Waals surface area contributed by atoms with Crippen molar-refractivity contribution >= 4 is 5.91 Å². The number of carbonyl (C=O) groups is 1. The van der Waals surface area contributed by atoms with Crippen LogP contribution < -0.4 is 14.8 Å². The van der Waals surface area contributed by atoms with Crippen LogP contribution in [0.15, 0.2) is 18.2 Å². The number of nitrogens with one attached hydrogen (secondary N) is 1. The molecule has 150 valence electrons. The van der Waals surface area contributed by atoms with E-state index in [1.165, 1.54) is 0 Å². The number of alkyl halides is 4. The van der Waals surface area contributed by atoms with Crippen LogP contribution in [-0.4, -0.2) is 55.6 Å². The highest BCUT2D eigenvalue weighted by atomic mass is 19.3. The van der Waals surface area contributed by atoms with Gasteiger partial charge in [-0.15, -0.1) is 0 Å². The average molecular weight is 394 g/mol. The maximum atomic E-state index is 13.3. The first-order valence-corrected chi connectivity index (χ1v) is 8.52. The Morgan fingerprint density at radius 1 is 1.19 bits per heavy atom. The smallest absolute Gasteiger partial charge is 0.387 e. The summed E-state index contributed by atoms with van der Waals surface area (Å²) < 4.78 is 72.3. The Balaban J connectivity index is 1.42. The zero-order valence-corrected chi connectivity index (χ0v) is 14.2. The number of ether oxygens (including phenoxy) is 2. The molecule has 0 spiro atoms. The number of benzene rings is 1. The van der Waals surface area contributed by atoms with Crippen LogP contribution in [0.1, 0.15) is 12.8 Å². The van der Waals surface area contributed by atoms with Crippen LogP contribution >= 0.6 is 0 Å². The van der Waals surface area contributed by atoms with Gasteiger partial charge in [0.05, 0.1) is 12.6 Å². The van der Waals surface area contributed by atoms with Crippen molar-refractivity contribution in [3.05, 3.63) is 24.0 Å². The van der Waals surface area contributed by atoms with E-state index in [1.807, 2.05) is 0 Å². The minimum absolute atomic E-state index is 0.138. The summed E-state index contributed by atoms with van der Waals surface area (Å²) in [5, 5.41) is 2.79. The minimum atomic E-state index is -3.06. The van der Waals surface area contributed by atoms with Crippen molar-refractivity contribution in [2.75, 3.05) is 19.6 Å². The van der Waals surface area contributed by atoms with Crippen molar-refractivity contribution in [3.8, 4) is 11.5 Å². The van der Waals surface area contributed by atoms with E-state index >= 15 is 0 Å². The second-order valence-electron chi connectivity index (χ2n) is 6.69. The number of likely N-dealkylation sites (tertiary alicyclic amines) is 1. The zero-order valence-electron chi connectivity index (χ0n) is 14.2. The lowest BCUT2D eigenvalue weighted by Crippen LogP contribution is -2.61. The van der Waals surface area contributed by atoms with Gasteiger partial charge in [-0.05, 0) is 25.0 Å². The average Bonchev–Trinajstić information content (AvgIpc) is 2.49. The molecule has 1 saturated heterocycles. The van der Waals surface area contributed by atoms with E-state index < -0.39 is 25.0 Å². The number of nitrogens with zero attached hydrogens (tertiary/aromatic N) is 1. The molecule has 0 radical (unpaired) electrons. The predicted octanol–water partition coefficient (Wildman–Crippen LogP) is 2.65. The third kappa shape index (κ3) is 5.21. The van der Waals surface area contributed by atoms with E-state index in [2.05, 4.69) is 10.1 Å². The van der Waals surface area contributed by atoms with Gasteiger partial charge >= 0.3 is 6.61 Å². The predicted molar refractivity (Wildman–Crippen MR) is 84.5 cm³/mol. The van der Waals surface area contributed by atoms with E-state index in [-0.39, 0.29) is 35.9 Å². The highest BCUT2D eigenvalue weighted by Crippen LogP contribution is 2.36. The van der Waals surface area contributed by atoms with E-state index in [0.29, 0.717) is 25.9 Å². The number of hydrogen-bond acceptors (Lipinski definition) is 4. The van der Waals surface area contributed by atoms with Gasteiger partial charge in [-0.2, -0.15) is 8.78 Å². The van der Waals surface area contributed by atoms with Crippen LogP contribution in [-0.2, 0) is 4.79 Å². The number of hydrogen-bond donors (Lipinski definition) is 1. The summed E-state index contributed by atoms with van der Waals surface area (Å²) in [7, 11) is 0. The van der Waals surface area contributed by atoms with Gasteiger partial charge in [-0.25, -0.2) is 13.2 Å². The molecular formula is C17H19F5N2O3. The maximum Gasteiger partial charge on any atom is 0.387 e. The maximum absolute atomic E-state index is 13.3. The van der Waals surface area contributed by atoms with E-state index in [4.69, 9.17) is 4.74 Å². The molecule has 2 aliphatic rings. The molecule has 1 heterocycles. The first-order chi connectivity index (χ1) is 12.8. The summed E-state index contributed by atoms with van der Waals surface area (Å²) in [6.45, 7) is -2.59. The quantitative estimate of drug-likeness (QED) is 0.689. The molecule has 1 aromatic rings. The van der Waals surface area contributed by atoms with Crippen molar-refractivity contribution in [2.24, 2.45) is 5.92 Å². The van der Waals surface area contributed by atoms with E-state index in [9.17, 15) is 26.7 Å². The van der Waals surface area contributed by atoms with Crippen LogP contribution in [0, 0.1) is 11.7 Å². The summed E-state index contributed by atoms with van der Waals surface area (Å²) in [6.07, 6.45) is -2.11. The summed E-state index contributed by atoms with van der Waals surface area (Å²) in [4.78, 5) is 13.7. The molecule has 1 N–H and O–H groups in total. The van der Waals surface area contributed by atoms with Gasteiger partial charge in [0.25, 0.3) is 6.43 Å². The molecule has 2 fully saturated rings. The molecule has 0 aromatic heterocycles. The molecule has 1 saturated carbocycles. The van der Waals surface area contributed by atoms with Gasteiger partial charge in [0, 0.05) is 25.1 Å². The highest BCUT2D eigenvalue weighted by molar-refractivity contribution is 5.80. The molecular weight excluding hydrogens is 375 g/mol. The summed E-state index contributed by atoms with van der Waals surface area (Å²) in [5.74, 6) is -1.57. The Morgan fingerprint density at radius 3 is 2.52 bits per heavy atom. The fourth-order valence-corrected chi connectivity index (χ4v) is 3.15. The summed E-state index contributed by atoms with van der Waals surface area (Å²) in [5.41, 5.74) is 0. The third-order valence-electron chi connectivity index (χ3n) is 4.58. The largest absolute Gasteiger partial charge is 0.486 e. The van der Waals surface area contributed by atoms with Gasteiger partial charge in [-0.1, -0.05) is 0 Å². The lowest BCUT2D eigenvalue weighted by atomic mass is 9.81. The lowest BCUT2D eigenvalue weighted by molar-refractivity contribution is -0.132. The monoisotopic (exact) mass is 394 g/mol. The topological polar surface area (TPSA) is 50.8 Å². The van der Waals surface area contributed by atoms with Gasteiger partial charge in [0.15, 0.2) is 11.5 Å². The first kappa shape index (κ1) is 19.7. The minimum Gasteiger partial charge on any atom is -0.486 e. The van der Waals surface area contributed by atoms with Crippen molar-refractivity contribution in [1.82, 2.24) is 10.2 Å². The van der Waals surface area contributed by atoms with E-state index in [1.54, 1.807) is 4.90 Å². The van der Waals surface area contributed by atoms with Crippen LogP contribution in [0.4, 0.5) is 22.0 Å². The van der Waals surface area contributed by atoms with E-state index in [0.717, 1.165) is 18.2 Å². The molecule has 3 rings (SSSR count). The zero-order chi connectivity index (χ0) is 19.6. The third-order valence-corrected chi connectivity index (χ3v) is 4.58. The first-order valence-electron chi connectivity index (χ1n) is 8.52. The summed E-state index contributed by atoms with van der Waals surface area (Å²) >= 11 is 0. The second-order valence-corrected chi connectivity index (χ2v) is 6.69. The molecule has 0 atom stereocenters. The van der Waals surface area contributed by atoms with Crippen molar-refractivity contribution in [2.45, 2.75) is 38.0 Å². The van der Waals surface area contributed by atoms with Gasteiger partial charge in [0.2, 0.25) is 5.91 Å². The highest BCUT2D eigenvalue weighted by Gasteiger charge is 2.39. The fourth-order valence-electron chi connectivity index (χ4n) is 3.15. The molecule has 1 amide bonds. The summed E-state index contributed by atoms with van der Waals surface area (Å²) in [6, 6.07) is 2.85. The standard InChI is InChI=1S/C17H19F5N2O3/c18-10-1-2-13(27-17(21)22)14(5-10)26-12-3-9(4-12)16(25)23-11-6-24(7-11)8-15(19)20/h1-2,5,9,11-12,15,17H,3-4,6-8H2,(H,23,25)/t9-,12-. The van der Waals surface area contributed by atoms with Gasteiger partial charge in [-0.3, -0.25) is 9.69 Å². The number of carbonyl (C=O) groups excluding carboxylic acids is 1. The number of amides is 1. The molecule has 10 heteroatoms. The molecule has 1 aliphatic carbocycles. The Kier molecular flexibility index (Phi) is 6.03. The lowest BCUT2D eigenvalue weighted by Gasteiger charge is -2.41. The molecule has 1 aliphatic heterocycles. The molecule has 27 heavy (non-hydrogen) atoms. The van der Waals surface area contributed by atoms with Crippen molar-refractivity contribution < 1.29 is 36.2 Å². The molecule has 5 nitrogen and oxygen atoms in total. The number of halogens is 5. The Labute approximate surface area is 152 Å². The fraction of sp³-hybridized carbons (Fsp3) is 0.588. The van der Waals surface area contributed by atoms with Crippen molar-refractivity contribution in [3.63, 3.8) is 0 Å². The van der Waals surface area contributed by atoms with Crippen LogP contribution in [0.5, 0.6) is 11.5 Å². The van der Waals surface area contributed by atoms with Crippen LogP contribution in [0.2, 0.25) is 0 Å². The van der Waals surface area contributed by atoms with Gasteiger partial charge < -0.3 is 14.8 Å². The van der Waals surface area contributed by atoms with Crippen LogP contribution in [0.3, 0.4) is 0 Å². The molecule has 0 bridgehead atoms. The van der Waals surface area contributed by atoms with Gasteiger partial charge in [0.1, 0.15) is 11.9 Å². The molecule has 1 aromatic carbocycles. The SMILES string of the molecule is O=C(NC1CN(CC(F)F)C1)[C@H]1C[C@H](Oc2cc(F)ccc2OC(F)F)C1.